The molecular formula is C22H30FIN4O3. The highest BCUT2D eigenvalue weighted by atomic mass is 127. The summed E-state index contributed by atoms with van der Waals surface area (Å²) in [6.45, 7) is 1.27. The molecule has 0 spiro atoms. The van der Waals surface area contributed by atoms with E-state index in [-0.39, 0.29) is 48.8 Å². The van der Waals surface area contributed by atoms with Gasteiger partial charge in [0.1, 0.15) is 12.4 Å². The van der Waals surface area contributed by atoms with Crippen LogP contribution in [0.25, 0.3) is 0 Å². The lowest BCUT2D eigenvalue weighted by molar-refractivity contribution is -0.127. The molecule has 0 aliphatic heterocycles. The van der Waals surface area contributed by atoms with E-state index in [0.717, 1.165) is 11.3 Å². The van der Waals surface area contributed by atoms with Crippen LogP contribution < -0.4 is 14.8 Å². The molecule has 9 heteroatoms. The van der Waals surface area contributed by atoms with Gasteiger partial charge in [-0.2, -0.15) is 0 Å². The van der Waals surface area contributed by atoms with Gasteiger partial charge in [-0.25, -0.2) is 9.38 Å². The average Bonchev–Trinajstić information content (AvgIpc) is 2.75. The van der Waals surface area contributed by atoms with Crippen molar-refractivity contribution in [2.45, 2.75) is 6.54 Å². The second kappa shape index (κ2) is 13.7. The summed E-state index contributed by atoms with van der Waals surface area (Å²) in [6, 6.07) is 13.9. The second-order valence-corrected chi connectivity index (χ2v) is 6.83. The fourth-order valence-corrected chi connectivity index (χ4v) is 2.48. The molecule has 0 radical (unpaired) electrons. The van der Waals surface area contributed by atoms with Crippen LogP contribution in [0.15, 0.2) is 53.5 Å². The number of nitrogens with one attached hydrogen (secondary N) is 1. The molecule has 1 N–H and O–H groups in total. The molecule has 2 aromatic carbocycles. The normalized spacial score (nSPS) is 10.7. The Labute approximate surface area is 200 Å². The number of para-hydroxylation sites is 1. The summed E-state index contributed by atoms with van der Waals surface area (Å²) < 4.78 is 24.4. The SMILES string of the molecule is COc1ccc(CN=C(NCC(=O)N(C)C)N(C)CCOc2ccccc2F)cc1.I. The zero-order chi connectivity index (χ0) is 21.9. The van der Waals surface area contributed by atoms with Crippen molar-refractivity contribution in [2.75, 3.05) is 47.9 Å². The van der Waals surface area contributed by atoms with Crippen LogP contribution in [0.5, 0.6) is 11.5 Å². The van der Waals surface area contributed by atoms with E-state index < -0.39 is 5.82 Å². The van der Waals surface area contributed by atoms with Gasteiger partial charge in [-0.15, -0.1) is 24.0 Å². The Morgan fingerprint density at radius 1 is 1.10 bits per heavy atom. The highest BCUT2D eigenvalue weighted by Gasteiger charge is 2.11. The minimum atomic E-state index is -0.400. The predicted molar refractivity (Wildman–Crippen MR) is 131 cm³/mol. The van der Waals surface area contributed by atoms with Gasteiger partial charge in [0.25, 0.3) is 0 Å². The zero-order valence-electron chi connectivity index (χ0n) is 18.3. The molecule has 1 amide bonds. The fraction of sp³-hybridized carbons (Fsp3) is 0.364. The smallest absolute Gasteiger partial charge is 0.241 e. The van der Waals surface area contributed by atoms with Gasteiger partial charge in [0.15, 0.2) is 17.5 Å². The summed E-state index contributed by atoms with van der Waals surface area (Å²) in [5.41, 5.74) is 1.00. The lowest BCUT2D eigenvalue weighted by Crippen LogP contribution is -2.45. The summed E-state index contributed by atoms with van der Waals surface area (Å²) in [5, 5.41) is 3.08. The maximum Gasteiger partial charge on any atom is 0.241 e. The number of methoxy groups -OCH3 is 1. The van der Waals surface area contributed by atoms with Gasteiger partial charge in [0.2, 0.25) is 5.91 Å². The predicted octanol–water partition coefficient (Wildman–Crippen LogP) is 3.00. The number of carbonyl (C=O) groups excluding carboxylic acids is 1. The van der Waals surface area contributed by atoms with Gasteiger partial charge in [-0.3, -0.25) is 4.79 Å². The van der Waals surface area contributed by atoms with Gasteiger partial charge in [-0.05, 0) is 29.8 Å². The zero-order valence-corrected chi connectivity index (χ0v) is 20.6. The van der Waals surface area contributed by atoms with Gasteiger partial charge < -0.3 is 24.6 Å². The molecule has 7 nitrogen and oxygen atoms in total. The first kappa shape index (κ1) is 26.5. The molecule has 2 rings (SSSR count). The van der Waals surface area contributed by atoms with Crippen LogP contribution in [0.1, 0.15) is 5.56 Å². The molecule has 2 aromatic rings. The second-order valence-electron chi connectivity index (χ2n) is 6.83. The Morgan fingerprint density at radius 3 is 2.39 bits per heavy atom. The molecule has 0 aliphatic rings. The number of likely N-dealkylation sites (N-methyl/N-ethyl adjacent to an activating group) is 2. The van der Waals surface area contributed by atoms with Crippen molar-refractivity contribution in [1.82, 2.24) is 15.1 Å². The number of aliphatic imine (C=N–C) groups is 1. The van der Waals surface area contributed by atoms with E-state index >= 15 is 0 Å². The van der Waals surface area contributed by atoms with E-state index in [1.807, 2.05) is 36.2 Å². The van der Waals surface area contributed by atoms with Crippen molar-refractivity contribution < 1.29 is 18.7 Å². The lowest BCUT2D eigenvalue weighted by atomic mass is 10.2. The monoisotopic (exact) mass is 544 g/mol. The van der Waals surface area contributed by atoms with Crippen LogP contribution in [0.3, 0.4) is 0 Å². The molecule has 0 bridgehead atoms. The molecular weight excluding hydrogens is 514 g/mol. The molecule has 0 unspecified atom stereocenters. The maximum atomic E-state index is 13.7. The van der Waals surface area contributed by atoms with Crippen molar-refractivity contribution in [1.29, 1.82) is 0 Å². The van der Waals surface area contributed by atoms with Crippen molar-refractivity contribution >= 4 is 35.8 Å². The summed E-state index contributed by atoms with van der Waals surface area (Å²) in [6.07, 6.45) is 0. The highest BCUT2D eigenvalue weighted by Crippen LogP contribution is 2.15. The van der Waals surface area contributed by atoms with E-state index in [1.165, 1.54) is 11.0 Å². The minimum Gasteiger partial charge on any atom is -0.497 e. The third-order valence-electron chi connectivity index (χ3n) is 4.35. The van der Waals surface area contributed by atoms with Gasteiger partial charge in [0, 0.05) is 21.1 Å². The van der Waals surface area contributed by atoms with E-state index in [0.29, 0.717) is 19.0 Å². The Bertz CT molecular complexity index is 847. The number of guanidine groups is 1. The lowest BCUT2D eigenvalue weighted by Gasteiger charge is -2.23. The van der Waals surface area contributed by atoms with Crippen LogP contribution in [-0.2, 0) is 11.3 Å². The topological polar surface area (TPSA) is 66.4 Å². The van der Waals surface area contributed by atoms with Gasteiger partial charge in [0.05, 0.1) is 26.7 Å². The number of ether oxygens (including phenoxy) is 2. The third-order valence-corrected chi connectivity index (χ3v) is 4.35. The summed E-state index contributed by atoms with van der Waals surface area (Å²) >= 11 is 0. The number of benzene rings is 2. The number of hydrogen-bond donors (Lipinski definition) is 1. The third kappa shape index (κ3) is 8.99. The molecule has 0 aromatic heterocycles. The largest absolute Gasteiger partial charge is 0.497 e. The number of carbonyl (C=O) groups is 1. The first-order valence-corrected chi connectivity index (χ1v) is 9.60. The first-order chi connectivity index (χ1) is 14.4. The van der Waals surface area contributed by atoms with Gasteiger partial charge in [-0.1, -0.05) is 24.3 Å². The molecule has 170 valence electrons. The average molecular weight is 544 g/mol. The van der Waals surface area contributed by atoms with E-state index in [9.17, 15) is 9.18 Å². The molecule has 0 saturated carbocycles. The molecule has 0 heterocycles. The van der Waals surface area contributed by atoms with Crippen LogP contribution in [0.2, 0.25) is 0 Å². The Kier molecular flexibility index (Phi) is 11.7. The molecule has 31 heavy (non-hydrogen) atoms. The highest BCUT2D eigenvalue weighted by molar-refractivity contribution is 14.0. The van der Waals surface area contributed by atoms with Crippen LogP contribution in [0.4, 0.5) is 4.39 Å². The summed E-state index contributed by atoms with van der Waals surface area (Å²) in [5.74, 6) is 1.07. The Hall–Kier alpha value is -2.56. The molecule has 0 saturated heterocycles. The molecule has 0 aliphatic carbocycles. The number of hydrogen-bond acceptors (Lipinski definition) is 4. The van der Waals surface area contributed by atoms with Crippen LogP contribution >= 0.6 is 24.0 Å². The van der Waals surface area contributed by atoms with Crippen molar-refractivity contribution in [3.8, 4) is 11.5 Å². The van der Waals surface area contributed by atoms with Gasteiger partial charge >= 0.3 is 0 Å². The minimum absolute atomic E-state index is 0. The number of nitrogens with zero attached hydrogens (tertiary/aromatic N) is 3. The fourth-order valence-electron chi connectivity index (χ4n) is 2.48. The van der Waals surface area contributed by atoms with Crippen molar-refractivity contribution in [2.24, 2.45) is 4.99 Å². The first-order valence-electron chi connectivity index (χ1n) is 9.60. The maximum absolute atomic E-state index is 13.7. The number of rotatable bonds is 9. The van der Waals surface area contributed by atoms with E-state index in [1.54, 1.807) is 39.4 Å². The summed E-state index contributed by atoms with van der Waals surface area (Å²) in [7, 11) is 6.86. The van der Waals surface area contributed by atoms with E-state index in [2.05, 4.69) is 10.3 Å². The van der Waals surface area contributed by atoms with Crippen molar-refractivity contribution in [3.05, 3.63) is 59.9 Å². The Morgan fingerprint density at radius 2 is 1.77 bits per heavy atom. The molecule has 0 fully saturated rings. The van der Waals surface area contributed by atoms with Crippen LogP contribution in [-0.4, -0.2) is 69.6 Å². The standard InChI is InChI=1S/C22H29FN4O3.HI/c1-26(2)21(28)16-25-22(24-15-17-9-11-18(29-4)12-10-17)27(3)13-14-30-20-8-6-5-7-19(20)23;/h5-12H,13-16H2,1-4H3,(H,24,25);1H. The number of amides is 1. The van der Waals surface area contributed by atoms with Crippen LogP contribution in [0, 0.1) is 5.82 Å². The Balaban J connectivity index is 0.00000480. The quantitative estimate of drug-likeness (QED) is 0.299. The van der Waals surface area contributed by atoms with E-state index in [4.69, 9.17) is 9.47 Å². The summed E-state index contributed by atoms with van der Waals surface area (Å²) in [4.78, 5) is 19.9. The molecule has 0 atom stereocenters. The number of halogens is 2. The van der Waals surface area contributed by atoms with Crippen molar-refractivity contribution in [3.63, 3.8) is 0 Å².